The lowest BCUT2D eigenvalue weighted by Gasteiger charge is -2.26. The Balaban J connectivity index is 2.08. The normalized spacial score (nSPS) is 19.4. The fraction of sp³-hybridized carbons (Fsp3) is 0.533. The van der Waals surface area contributed by atoms with Gasteiger partial charge in [0.25, 0.3) is 0 Å². The van der Waals surface area contributed by atoms with E-state index in [4.69, 9.17) is 10.5 Å². The molecule has 1 fully saturated rings. The van der Waals surface area contributed by atoms with E-state index in [0.717, 1.165) is 24.2 Å². The molecule has 0 aliphatic heterocycles. The van der Waals surface area contributed by atoms with Crippen molar-refractivity contribution in [2.75, 3.05) is 7.11 Å². The number of methoxy groups -OCH3 is 1. The maximum absolute atomic E-state index is 12.3. The lowest BCUT2D eigenvalue weighted by atomic mass is 9.95. The first kappa shape index (κ1) is 13.9. The first-order valence-corrected chi connectivity index (χ1v) is 6.69. The van der Waals surface area contributed by atoms with Crippen LogP contribution in [0.2, 0.25) is 0 Å². The van der Waals surface area contributed by atoms with Gasteiger partial charge in [0.05, 0.1) is 18.7 Å². The summed E-state index contributed by atoms with van der Waals surface area (Å²) < 4.78 is 5.31. The Morgan fingerprint density at radius 1 is 1.47 bits per heavy atom. The molecule has 1 aromatic carbocycles. The number of carbonyl (C=O) groups is 1. The van der Waals surface area contributed by atoms with Crippen LogP contribution in [0.4, 0.5) is 0 Å². The van der Waals surface area contributed by atoms with Gasteiger partial charge in [-0.15, -0.1) is 0 Å². The largest absolute Gasteiger partial charge is 0.496 e. The van der Waals surface area contributed by atoms with Crippen molar-refractivity contribution < 1.29 is 9.53 Å². The molecule has 1 aliphatic rings. The zero-order chi connectivity index (χ0) is 14.0. The van der Waals surface area contributed by atoms with Crippen molar-refractivity contribution in [3.05, 3.63) is 29.8 Å². The Kier molecular flexibility index (Phi) is 3.80. The van der Waals surface area contributed by atoms with Crippen LogP contribution in [0.1, 0.15) is 38.3 Å². The van der Waals surface area contributed by atoms with Crippen molar-refractivity contribution in [1.82, 2.24) is 5.32 Å². The molecule has 19 heavy (non-hydrogen) atoms. The van der Waals surface area contributed by atoms with E-state index in [1.165, 1.54) is 0 Å². The van der Waals surface area contributed by atoms with Gasteiger partial charge in [-0.05, 0) is 38.7 Å². The summed E-state index contributed by atoms with van der Waals surface area (Å²) in [5.41, 5.74) is 6.31. The van der Waals surface area contributed by atoms with E-state index >= 15 is 0 Å². The van der Waals surface area contributed by atoms with Gasteiger partial charge in [0.2, 0.25) is 5.91 Å². The second-order valence-corrected chi connectivity index (χ2v) is 5.49. The van der Waals surface area contributed by atoms with Crippen molar-refractivity contribution >= 4 is 5.91 Å². The van der Waals surface area contributed by atoms with Crippen LogP contribution in [0.5, 0.6) is 5.75 Å². The number of ether oxygens (including phenoxy) is 1. The fourth-order valence-electron chi connectivity index (χ4n) is 2.32. The van der Waals surface area contributed by atoms with Crippen molar-refractivity contribution in [3.8, 4) is 5.75 Å². The molecule has 2 atom stereocenters. The molecule has 0 bridgehead atoms. The fourth-order valence-corrected chi connectivity index (χ4v) is 2.32. The van der Waals surface area contributed by atoms with Gasteiger partial charge in [-0.1, -0.05) is 18.2 Å². The van der Waals surface area contributed by atoms with Gasteiger partial charge in [0.15, 0.2) is 0 Å². The van der Waals surface area contributed by atoms with E-state index in [-0.39, 0.29) is 11.9 Å². The average Bonchev–Trinajstić information content (AvgIpc) is 3.23. The second-order valence-electron chi connectivity index (χ2n) is 5.49. The Morgan fingerprint density at radius 3 is 2.68 bits per heavy atom. The van der Waals surface area contributed by atoms with E-state index in [2.05, 4.69) is 5.32 Å². The molecule has 3 N–H and O–H groups in total. The molecule has 0 heterocycles. The Morgan fingerprint density at radius 2 is 2.11 bits per heavy atom. The lowest BCUT2D eigenvalue weighted by molar-refractivity contribution is -0.127. The number of benzene rings is 1. The summed E-state index contributed by atoms with van der Waals surface area (Å²) in [5, 5.41) is 2.99. The van der Waals surface area contributed by atoms with Gasteiger partial charge in [-0.3, -0.25) is 4.79 Å². The summed E-state index contributed by atoms with van der Waals surface area (Å²) in [4.78, 5) is 12.3. The molecule has 0 radical (unpaired) electrons. The number of nitrogens with two attached hydrogens (primary N) is 1. The molecule has 1 aliphatic carbocycles. The summed E-state index contributed by atoms with van der Waals surface area (Å²) in [7, 11) is 1.63. The van der Waals surface area contributed by atoms with Crippen LogP contribution in [0.15, 0.2) is 24.3 Å². The van der Waals surface area contributed by atoms with Crippen LogP contribution in [-0.4, -0.2) is 18.6 Å². The summed E-state index contributed by atoms with van der Waals surface area (Å²) in [5.74, 6) is 1.01. The first-order valence-electron chi connectivity index (χ1n) is 6.69. The second kappa shape index (κ2) is 5.21. The van der Waals surface area contributed by atoms with Crippen molar-refractivity contribution in [2.45, 2.75) is 38.3 Å². The predicted molar refractivity (Wildman–Crippen MR) is 74.9 cm³/mol. The van der Waals surface area contributed by atoms with Gasteiger partial charge in [0, 0.05) is 5.56 Å². The number of hydrogen-bond acceptors (Lipinski definition) is 3. The summed E-state index contributed by atoms with van der Waals surface area (Å²) >= 11 is 0. The van der Waals surface area contributed by atoms with Crippen LogP contribution in [0.25, 0.3) is 0 Å². The maximum atomic E-state index is 12.3. The van der Waals surface area contributed by atoms with Gasteiger partial charge >= 0.3 is 0 Å². The number of carbonyl (C=O) groups excluding carboxylic acids is 1. The van der Waals surface area contributed by atoms with Gasteiger partial charge in [0.1, 0.15) is 5.75 Å². The molecule has 4 heteroatoms. The van der Waals surface area contributed by atoms with E-state index < -0.39 is 5.54 Å². The standard InChI is InChI=1S/C15H22N2O2/c1-10(12-6-4-5-7-13(12)19-3)17-14(18)15(2,16)11-8-9-11/h4-7,10-11H,8-9,16H2,1-3H3,(H,17,18)/t10-,15?/m1/s1. The quantitative estimate of drug-likeness (QED) is 0.853. The van der Waals surface area contributed by atoms with Crippen molar-refractivity contribution in [2.24, 2.45) is 11.7 Å². The predicted octanol–water partition coefficient (Wildman–Crippen LogP) is 2.00. The third kappa shape index (κ3) is 2.89. The topological polar surface area (TPSA) is 64.3 Å². The Hall–Kier alpha value is -1.55. The van der Waals surface area contributed by atoms with Crippen molar-refractivity contribution in [3.63, 3.8) is 0 Å². The summed E-state index contributed by atoms with van der Waals surface area (Å²) in [6.07, 6.45) is 2.09. The first-order chi connectivity index (χ1) is 8.96. The van der Waals surface area contributed by atoms with E-state index in [9.17, 15) is 4.79 Å². The number of rotatable bonds is 5. The van der Waals surface area contributed by atoms with Crippen LogP contribution in [0.3, 0.4) is 0 Å². The minimum atomic E-state index is -0.768. The minimum Gasteiger partial charge on any atom is -0.496 e. The van der Waals surface area contributed by atoms with Crippen LogP contribution < -0.4 is 15.8 Å². The van der Waals surface area contributed by atoms with E-state index in [1.807, 2.05) is 38.1 Å². The lowest BCUT2D eigenvalue weighted by Crippen LogP contribution is -2.53. The summed E-state index contributed by atoms with van der Waals surface area (Å²) in [6.45, 7) is 3.76. The van der Waals surface area contributed by atoms with Gasteiger partial charge in [-0.25, -0.2) is 0 Å². The SMILES string of the molecule is COc1ccccc1[C@@H](C)NC(=O)C(C)(N)C1CC1. The third-order valence-corrected chi connectivity index (χ3v) is 3.87. The zero-order valence-electron chi connectivity index (χ0n) is 11.8. The molecule has 0 spiro atoms. The molecule has 0 saturated heterocycles. The van der Waals surface area contributed by atoms with E-state index in [1.54, 1.807) is 7.11 Å². The summed E-state index contributed by atoms with van der Waals surface area (Å²) in [6, 6.07) is 7.57. The van der Waals surface area contributed by atoms with Crippen LogP contribution >= 0.6 is 0 Å². The molecular formula is C15H22N2O2. The van der Waals surface area contributed by atoms with Crippen molar-refractivity contribution in [1.29, 1.82) is 0 Å². The molecule has 104 valence electrons. The molecule has 1 saturated carbocycles. The molecule has 1 amide bonds. The van der Waals surface area contributed by atoms with Gasteiger partial charge < -0.3 is 15.8 Å². The number of para-hydroxylation sites is 1. The smallest absolute Gasteiger partial charge is 0.240 e. The van der Waals surface area contributed by atoms with E-state index in [0.29, 0.717) is 5.92 Å². The monoisotopic (exact) mass is 262 g/mol. The minimum absolute atomic E-state index is 0.0894. The number of amides is 1. The molecule has 1 unspecified atom stereocenters. The molecule has 1 aromatic rings. The highest BCUT2D eigenvalue weighted by Gasteiger charge is 2.44. The zero-order valence-corrected chi connectivity index (χ0v) is 11.8. The van der Waals surface area contributed by atoms with Crippen LogP contribution in [0, 0.1) is 5.92 Å². The molecule has 0 aromatic heterocycles. The highest BCUT2D eigenvalue weighted by Crippen LogP contribution is 2.38. The number of nitrogens with one attached hydrogen (secondary N) is 1. The highest BCUT2D eigenvalue weighted by atomic mass is 16.5. The Labute approximate surface area is 114 Å². The average molecular weight is 262 g/mol. The van der Waals surface area contributed by atoms with Crippen LogP contribution in [-0.2, 0) is 4.79 Å². The number of hydrogen-bond donors (Lipinski definition) is 2. The maximum Gasteiger partial charge on any atom is 0.240 e. The molecule has 4 nitrogen and oxygen atoms in total. The third-order valence-electron chi connectivity index (χ3n) is 3.87. The molecule has 2 rings (SSSR count). The molecular weight excluding hydrogens is 240 g/mol. The highest BCUT2D eigenvalue weighted by molar-refractivity contribution is 5.86. The Bertz CT molecular complexity index is 467. The van der Waals surface area contributed by atoms with Gasteiger partial charge in [-0.2, -0.15) is 0 Å².